The van der Waals surface area contributed by atoms with Crippen molar-refractivity contribution in [3.8, 4) is 0 Å². The van der Waals surface area contributed by atoms with Crippen LogP contribution in [0.2, 0.25) is 0 Å². The lowest BCUT2D eigenvalue weighted by atomic mass is 10.0. The summed E-state index contributed by atoms with van der Waals surface area (Å²) < 4.78 is 12.5. The molecule has 0 unspecified atom stereocenters. The molecule has 1 heteroatoms. The average molecular weight is 124 g/mol. The third-order valence-corrected chi connectivity index (χ3v) is 1.34. The Labute approximate surface area is 54.4 Å². The van der Waals surface area contributed by atoms with Crippen molar-refractivity contribution >= 4 is 0 Å². The van der Waals surface area contributed by atoms with Gasteiger partial charge in [0.2, 0.25) is 0 Å². The van der Waals surface area contributed by atoms with Crippen molar-refractivity contribution in [2.45, 2.75) is 13.3 Å². The molecular formula is C8H9F. The summed E-state index contributed by atoms with van der Waals surface area (Å²) in [5, 5.41) is 0. The number of halogens is 1. The van der Waals surface area contributed by atoms with Crippen LogP contribution in [-0.4, -0.2) is 0 Å². The highest BCUT2D eigenvalue weighted by Crippen LogP contribution is 2.21. The number of allylic oxidation sites excluding steroid dienone is 5. The summed E-state index contributed by atoms with van der Waals surface area (Å²) in [5.74, 6) is -0.109. The zero-order valence-electron chi connectivity index (χ0n) is 5.45. The smallest absolute Gasteiger partial charge is 0.122 e. The molecule has 1 aliphatic rings. The molecule has 0 fully saturated rings. The van der Waals surface area contributed by atoms with Crippen LogP contribution in [0.3, 0.4) is 0 Å². The van der Waals surface area contributed by atoms with E-state index in [4.69, 9.17) is 0 Å². The molecule has 0 saturated heterocycles. The Hall–Kier alpha value is -0.850. The van der Waals surface area contributed by atoms with Gasteiger partial charge in [-0.3, -0.25) is 0 Å². The van der Waals surface area contributed by atoms with E-state index in [0.717, 1.165) is 5.57 Å². The molecule has 0 aliphatic heterocycles. The fourth-order valence-corrected chi connectivity index (χ4v) is 0.816. The Balaban J connectivity index is 2.87. The van der Waals surface area contributed by atoms with E-state index in [0.29, 0.717) is 12.0 Å². The van der Waals surface area contributed by atoms with Crippen LogP contribution in [0.1, 0.15) is 13.3 Å². The summed E-state index contributed by atoms with van der Waals surface area (Å²) >= 11 is 0. The van der Waals surface area contributed by atoms with Crippen molar-refractivity contribution in [2.24, 2.45) is 0 Å². The van der Waals surface area contributed by atoms with E-state index in [9.17, 15) is 4.39 Å². The van der Waals surface area contributed by atoms with E-state index in [1.165, 1.54) is 0 Å². The maximum Gasteiger partial charge on any atom is 0.122 e. The predicted octanol–water partition coefficient (Wildman–Crippen LogP) is 2.75. The van der Waals surface area contributed by atoms with Gasteiger partial charge >= 0.3 is 0 Å². The lowest BCUT2D eigenvalue weighted by Gasteiger charge is -2.05. The van der Waals surface area contributed by atoms with E-state index >= 15 is 0 Å². The summed E-state index contributed by atoms with van der Waals surface area (Å²) in [5.41, 5.74) is 1.67. The predicted molar refractivity (Wildman–Crippen MR) is 36.7 cm³/mol. The number of hydrogen-bond acceptors (Lipinski definition) is 0. The van der Waals surface area contributed by atoms with Gasteiger partial charge < -0.3 is 0 Å². The van der Waals surface area contributed by atoms with Crippen LogP contribution in [0.25, 0.3) is 0 Å². The molecule has 0 amide bonds. The number of hydrogen-bond donors (Lipinski definition) is 0. The fourth-order valence-electron chi connectivity index (χ4n) is 0.816. The van der Waals surface area contributed by atoms with Gasteiger partial charge in [-0.2, -0.15) is 0 Å². The van der Waals surface area contributed by atoms with E-state index < -0.39 is 0 Å². The maximum absolute atomic E-state index is 12.5. The van der Waals surface area contributed by atoms with Crippen LogP contribution in [0.15, 0.2) is 35.7 Å². The van der Waals surface area contributed by atoms with Crippen LogP contribution in [0.5, 0.6) is 0 Å². The third-order valence-electron chi connectivity index (χ3n) is 1.34. The van der Waals surface area contributed by atoms with Crippen molar-refractivity contribution in [1.82, 2.24) is 0 Å². The van der Waals surface area contributed by atoms with Crippen molar-refractivity contribution in [2.75, 3.05) is 0 Å². The molecule has 0 bridgehead atoms. The van der Waals surface area contributed by atoms with Gasteiger partial charge in [-0.25, -0.2) is 4.39 Å². The molecule has 1 rings (SSSR count). The van der Waals surface area contributed by atoms with E-state index in [1.807, 2.05) is 0 Å². The molecule has 1 aliphatic carbocycles. The van der Waals surface area contributed by atoms with Gasteiger partial charge in [-0.15, -0.1) is 0 Å². The molecule has 0 aromatic heterocycles. The first-order valence-corrected chi connectivity index (χ1v) is 2.92. The van der Waals surface area contributed by atoms with Gasteiger partial charge in [0.1, 0.15) is 5.83 Å². The van der Waals surface area contributed by atoms with E-state index in [-0.39, 0.29) is 5.83 Å². The first-order chi connectivity index (χ1) is 4.20. The standard InChI is InChI=1S/C8H9F/c1-6-3-4-8(9)7(2)5-6/h4-5H,1,3H2,2H3. The van der Waals surface area contributed by atoms with Crippen LogP contribution in [0.4, 0.5) is 4.39 Å². The third kappa shape index (κ3) is 1.28. The summed E-state index contributed by atoms with van der Waals surface area (Å²) in [4.78, 5) is 0. The zero-order chi connectivity index (χ0) is 6.85. The monoisotopic (exact) mass is 124 g/mol. The molecular weight excluding hydrogens is 115 g/mol. The van der Waals surface area contributed by atoms with E-state index in [1.54, 1.807) is 19.1 Å². The van der Waals surface area contributed by atoms with Crippen molar-refractivity contribution in [1.29, 1.82) is 0 Å². The average Bonchev–Trinajstić information content (AvgIpc) is 1.80. The van der Waals surface area contributed by atoms with Crippen molar-refractivity contribution < 1.29 is 4.39 Å². The lowest BCUT2D eigenvalue weighted by Crippen LogP contribution is -1.87. The molecule has 0 atom stereocenters. The van der Waals surface area contributed by atoms with Crippen LogP contribution >= 0.6 is 0 Å². The van der Waals surface area contributed by atoms with Gasteiger partial charge in [-0.1, -0.05) is 18.2 Å². The molecule has 0 heterocycles. The van der Waals surface area contributed by atoms with Gasteiger partial charge in [0.25, 0.3) is 0 Å². The highest BCUT2D eigenvalue weighted by molar-refractivity contribution is 5.37. The SMILES string of the molecule is C=C1C=C(C)C(F)=CC1. The Kier molecular flexibility index (Phi) is 1.52. The normalized spacial score (nSPS) is 19.1. The lowest BCUT2D eigenvalue weighted by molar-refractivity contribution is 0.643. The minimum absolute atomic E-state index is 0.109. The molecule has 0 radical (unpaired) electrons. The highest BCUT2D eigenvalue weighted by atomic mass is 19.1. The quantitative estimate of drug-likeness (QED) is 0.465. The Morgan fingerprint density at radius 2 is 2.33 bits per heavy atom. The van der Waals surface area contributed by atoms with Crippen molar-refractivity contribution in [3.05, 3.63) is 35.7 Å². The Morgan fingerprint density at radius 3 is 2.78 bits per heavy atom. The topological polar surface area (TPSA) is 0 Å². The number of rotatable bonds is 0. The molecule has 0 nitrogen and oxygen atoms in total. The van der Waals surface area contributed by atoms with E-state index in [2.05, 4.69) is 6.58 Å². The zero-order valence-corrected chi connectivity index (χ0v) is 5.45. The molecule has 0 aromatic carbocycles. The maximum atomic E-state index is 12.5. The summed E-state index contributed by atoms with van der Waals surface area (Å²) in [7, 11) is 0. The second kappa shape index (κ2) is 2.18. The molecule has 0 N–H and O–H groups in total. The van der Waals surface area contributed by atoms with Crippen LogP contribution in [-0.2, 0) is 0 Å². The minimum atomic E-state index is -0.109. The van der Waals surface area contributed by atoms with Crippen molar-refractivity contribution in [3.63, 3.8) is 0 Å². The summed E-state index contributed by atoms with van der Waals surface area (Å²) in [6, 6.07) is 0. The summed E-state index contributed by atoms with van der Waals surface area (Å²) in [6.07, 6.45) is 3.98. The van der Waals surface area contributed by atoms with Gasteiger partial charge in [0.15, 0.2) is 0 Å². The first-order valence-electron chi connectivity index (χ1n) is 2.92. The first kappa shape index (κ1) is 6.27. The largest absolute Gasteiger partial charge is 0.207 e. The van der Waals surface area contributed by atoms with Gasteiger partial charge in [0.05, 0.1) is 0 Å². The Morgan fingerprint density at radius 1 is 1.67 bits per heavy atom. The summed E-state index contributed by atoms with van der Waals surface area (Å²) in [6.45, 7) is 5.46. The highest BCUT2D eigenvalue weighted by Gasteiger charge is 2.03. The Bertz CT molecular complexity index is 197. The molecule has 9 heavy (non-hydrogen) atoms. The van der Waals surface area contributed by atoms with Crippen LogP contribution < -0.4 is 0 Å². The van der Waals surface area contributed by atoms with Crippen LogP contribution in [0, 0.1) is 0 Å². The minimum Gasteiger partial charge on any atom is -0.207 e. The second-order valence-electron chi connectivity index (χ2n) is 2.24. The molecule has 0 spiro atoms. The molecule has 48 valence electrons. The molecule has 0 aromatic rings. The second-order valence-corrected chi connectivity index (χ2v) is 2.24. The van der Waals surface area contributed by atoms with Gasteiger partial charge in [-0.05, 0) is 25.0 Å². The fraction of sp³-hybridized carbons (Fsp3) is 0.250. The molecule has 0 saturated carbocycles. The van der Waals surface area contributed by atoms with Gasteiger partial charge in [0, 0.05) is 0 Å².